The summed E-state index contributed by atoms with van der Waals surface area (Å²) in [4.78, 5) is 26.6. The molecule has 0 bridgehead atoms. The molecule has 7 heteroatoms. The second-order valence-corrected chi connectivity index (χ2v) is 7.85. The molecule has 2 aliphatic rings. The van der Waals surface area contributed by atoms with E-state index >= 15 is 0 Å². The lowest BCUT2D eigenvalue weighted by atomic mass is 9.90. The van der Waals surface area contributed by atoms with Gasteiger partial charge in [-0.1, -0.05) is 13.8 Å². The fourth-order valence-electron chi connectivity index (χ4n) is 2.83. The molecular formula is C14H26N4O2S. The van der Waals surface area contributed by atoms with E-state index in [-0.39, 0.29) is 34.8 Å². The number of thioether (sulfide) groups is 1. The van der Waals surface area contributed by atoms with E-state index in [1.807, 2.05) is 0 Å². The van der Waals surface area contributed by atoms with E-state index in [4.69, 9.17) is 5.73 Å². The molecule has 2 heterocycles. The molecule has 2 saturated heterocycles. The number of amides is 2. The minimum atomic E-state index is -0.467. The summed E-state index contributed by atoms with van der Waals surface area (Å²) in [5.41, 5.74) is 6.19. The van der Waals surface area contributed by atoms with Gasteiger partial charge in [-0.15, -0.1) is 11.8 Å². The maximum absolute atomic E-state index is 12.8. The Morgan fingerprint density at radius 2 is 2.19 bits per heavy atom. The van der Waals surface area contributed by atoms with Crippen molar-refractivity contribution in [2.75, 3.05) is 12.8 Å². The molecule has 0 unspecified atom stereocenters. The fraction of sp³-hybridized carbons (Fsp3) is 0.857. The molecule has 0 aromatic carbocycles. The molecular weight excluding hydrogens is 288 g/mol. The van der Waals surface area contributed by atoms with E-state index < -0.39 is 6.04 Å². The summed E-state index contributed by atoms with van der Waals surface area (Å²) in [5.74, 6) is 0.667. The highest BCUT2D eigenvalue weighted by atomic mass is 32.2. The third-order valence-corrected chi connectivity index (χ3v) is 5.77. The number of nitrogens with zero attached hydrogens (tertiary/aromatic N) is 1. The normalized spacial score (nSPS) is 33.3. The van der Waals surface area contributed by atoms with Gasteiger partial charge in [-0.2, -0.15) is 0 Å². The molecule has 0 saturated carbocycles. The molecule has 0 radical (unpaired) electrons. The first kappa shape index (κ1) is 16.6. The summed E-state index contributed by atoms with van der Waals surface area (Å²) in [7, 11) is 1.73. The van der Waals surface area contributed by atoms with Crippen LogP contribution in [0.1, 0.15) is 33.6 Å². The van der Waals surface area contributed by atoms with Gasteiger partial charge >= 0.3 is 0 Å². The Labute approximate surface area is 130 Å². The predicted molar refractivity (Wildman–Crippen MR) is 84.5 cm³/mol. The first-order chi connectivity index (χ1) is 9.77. The van der Waals surface area contributed by atoms with Crippen molar-refractivity contribution in [3.63, 3.8) is 0 Å². The van der Waals surface area contributed by atoms with E-state index in [0.717, 1.165) is 12.2 Å². The van der Waals surface area contributed by atoms with Gasteiger partial charge < -0.3 is 21.3 Å². The number of hydrogen-bond donors (Lipinski definition) is 3. The van der Waals surface area contributed by atoms with Crippen LogP contribution in [-0.2, 0) is 9.59 Å². The Morgan fingerprint density at radius 3 is 2.81 bits per heavy atom. The van der Waals surface area contributed by atoms with Gasteiger partial charge in [0.15, 0.2) is 0 Å². The molecule has 2 fully saturated rings. The van der Waals surface area contributed by atoms with Crippen molar-refractivity contribution >= 4 is 23.6 Å². The van der Waals surface area contributed by atoms with E-state index in [1.54, 1.807) is 30.6 Å². The molecule has 2 aliphatic heterocycles. The Hall–Kier alpha value is -0.790. The second-order valence-electron chi connectivity index (χ2n) is 6.57. The zero-order valence-corrected chi connectivity index (χ0v) is 14.0. The van der Waals surface area contributed by atoms with Crippen molar-refractivity contribution in [3.05, 3.63) is 0 Å². The van der Waals surface area contributed by atoms with Gasteiger partial charge in [-0.3, -0.25) is 9.59 Å². The summed E-state index contributed by atoms with van der Waals surface area (Å²) in [6, 6.07) is -0.779. The first-order valence-corrected chi connectivity index (χ1v) is 8.50. The lowest BCUT2D eigenvalue weighted by Gasteiger charge is -2.32. The van der Waals surface area contributed by atoms with Crippen molar-refractivity contribution in [1.29, 1.82) is 0 Å². The van der Waals surface area contributed by atoms with E-state index in [9.17, 15) is 9.59 Å². The van der Waals surface area contributed by atoms with Crippen LogP contribution in [0, 0.1) is 5.41 Å². The van der Waals surface area contributed by atoms with Crippen LogP contribution in [-0.4, -0.2) is 53.1 Å². The first-order valence-electron chi connectivity index (χ1n) is 7.45. The molecule has 0 spiro atoms. The van der Waals surface area contributed by atoms with Gasteiger partial charge in [-0.25, -0.2) is 0 Å². The van der Waals surface area contributed by atoms with Crippen molar-refractivity contribution in [2.45, 2.75) is 57.2 Å². The molecule has 2 amide bonds. The summed E-state index contributed by atoms with van der Waals surface area (Å²) in [5, 5.41) is 5.88. The number of rotatable bonds is 3. The van der Waals surface area contributed by atoms with E-state index in [1.165, 1.54) is 0 Å². The summed E-state index contributed by atoms with van der Waals surface area (Å²) in [6.45, 7) is 5.96. The highest BCUT2D eigenvalue weighted by molar-refractivity contribution is 7.99. The van der Waals surface area contributed by atoms with E-state index in [2.05, 4.69) is 24.5 Å². The summed E-state index contributed by atoms with van der Waals surface area (Å²) in [6.07, 6.45) is 1.27. The van der Waals surface area contributed by atoms with Crippen molar-refractivity contribution in [1.82, 2.24) is 15.5 Å². The Balaban J connectivity index is 2.12. The third-order valence-electron chi connectivity index (χ3n) is 4.52. The minimum absolute atomic E-state index is 0.0419. The largest absolute Gasteiger partial charge is 0.343 e. The highest BCUT2D eigenvalue weighted by Crippen LogP contribution is 2.44. The predicted octanol–water partition coefficient (Wildman–Crippen LogP) is 0.0854. The number of carbonyl (C=O) groups is 2. The van der Waals surface area contributed by atoms with Crippen LogP contribution in [0.25, 0.3) is 0 Å². The molecule has 0 aromatic heterocycles. The number of fused-ring (bicyclic) bond motifs is 1. The number of nitrogens with two attached hydrogens (primary N) is 1. The number of hydrogen-bond acceptors (Lipinski definition) is 5. The zero-order valence-electron chi connectivity index (χ0n) is 13.2. The van der Waals surface area contributed by atoms with Crippen LogP contribution >= 0.6 is 11.8 Å². The molecule has 4 atom stereocenters. The summed E-state index contributed by atoms with van der Waals surface area (Å²) < 4.78 is 0. The Kier molecular flexibility index (Phi) is 4.85. The van der Waals surface area contributed by atoms with Gasteiger partial charge in [0.25, 0.3) is 0 Å². The molecule has 4 N–H and O–H groups in total. The second kappa shape index (κ2) is 6.14. The Bertz CT molecular complexity index is 429. The maximum atomic E-state index is 12.8. The van der Waals surface area contributed by atoms with Crippen LogP contribution in [0.5, 0.6) is 0 Å². The van der Waals surface area contributed by atoms with Gasteiger partial charge in [0.1, 0.15) is 6.04 Å². The van der Waals surface area contributed by atoms with Gasteiger partial charge in [0.05, 0.1) is 17.6 Å². The average molecular weight is 314 g/mol. The molecule has 120 valence electrons. The van der Waals surface area contributed by atoms with Crippen LogP contribution in [0.3, 0.4) is 0 Å². The maximum Gasteiger partial charge on any atom is 0.247 e. The summed E-state index contributed by atoms with van der Waals surface area (Å²) >= 11 is 1.77. The van der Waals surface area contributed by atoms with Crippen LogP contribution in [0.2, 0.25) is 0 Å². The number of carbonyl (C=O) groups excluding carboxylic acids is 2. The number of nitrogens with one attached hydrogen (secondary N) is 2. The monoisotopic (exact) mass is 314 g/mol. The quantitative estimate of drug-likeness (QED) is 0.687. The molecule has 21 heavy (non-hydrogen) atoms. The lowest BCUT2D eigenvalue weighted by molar-refractivity contribution is -0.138. The van der Waals surface area contributed by atoms with Crippen LogP contribution in [0.4, 0.5) is 0 Å². The average Bonchev–Trinajstić information content (AvgIpc) is 2.55. The van der Waals surface area contributed by atoms with Gasteiger partial charge in [0.2, 0.25) is 11.8 Å². The standard InChI is InChI=1S/C14H26N4O2S/c1-8(16-4)11(19)17-9-5-6-21-10-7-14(2,3)13(15)18(10)12(9)20/h8-10,13,16H,5-7,15H2,1-4H3,(H,17,19)/t8-,9-,10-,13-/m0/s1. The SMILES string of the molecule is CN[C@@H](C)C(=O)N[C@H]1CCS[C@H]2CC(C)(C)[C@@H](N)N2C1=O. The molecule has 0 aromatic rings. The van der Waals surface area contributed by atoms with Crippen molar-refractivity contribution in [3.8, 4) is 0 Å². The Morgan fingerprint density at radius 1 is 1.52 bits per heavy atom. The fourth-order valence-corrected chi connectivity index (χ4v) is 4.42. The minimum Gasteiger partial charge on any atom is -0.343 e. The van der Waals surface area contributed by atoms with Crippen LogP contribution in [0.15, 0.2) is 0 Å². The molecule has 2 rings (SSSR count). The van der Waals surface area contributed by atoms with Gasteiger partial charge in [-0.05, 0) is 32.6 Å². The van der Waals surface area contributed by atoms with E-state index in [0.29, 0.717) is 6.42 Å². The smallest absolute Gasteiger partial charge is 0.247 e. The van der Waals surface area contributed by atoms with Crippen molar-refractivity contribution < 1.29 is 9.59 Å². The van der Waals surface area contributed by atoms with Crippen molar-refractivity contribution in [2.24, 2.45) is 11.1 Å². The lowest BCUT2D eigenvalue weighted by Crippen LogP contribution is -2.56. The van der Waals surface area contributed by atoms with Gasteiger partial charge in [0, 0.05) is 5.41 Å². The molecule has 6 nitrogen and oxygen atoms in total. The third kappa shape index (κ3) is 3.19. The van der Waals surface area contributed by atoms with Crippen LogP contribution < -0.4 is 16.4 Å². The molecule has 0 aliphatic carbocycles. The topological polar surface area (TPSA) is 87.5 Å². The number of likely N-dealkylation sites (N-methyl/N-ethyl adjacent to an activating group) is 1. The highest BCUT2D eigenvalue weighted by Gasteiger charge is 2.49. The zero-order chi connectivity index (χ0) is 15.8.